The van der Waals surface area contributed by atoms with Gasteiger partial charge in [-0.25, -0.2) is 0 Å². The molecule has 1 heterocycles. The Hall–Kier alpha value is -3.66. The highest BCUT2D eigenvalue weighted by atomic mass is 16.2. The molecule has 0 N–H and O–H groups in total. The van der Waals surface area contributed by atoms with Crippen molar-refractivity contribution in [2.24, 2.45) is 0 Å². The standard InChI is InChI=1S/C26H22N2O2/c29-25-22-8-4-5-9-23(22)26(30)24(25)18-19-10-12-21(13-11-19)28-16-14-27(15-17-28)20-6-2-1-3-7-20/h1-13,18H,14-17H2. The van der Waals surface area contributed by atoms with E-state index in [9.17, 15) is 9.59 Å². The van der Waals surface area contributed by atoms with Gasteiger partial charge in [0.25, 0.3) is 0 Å². The van der Waals surface area contributed by atoms with Crippen LogP contribution in [0.2, 0.25) is 0 Å². The first-order chi connectivity index (χ1) is 14.7. The minimum absolute atomic E-state index is 0.184. The topological polar surface area (TPSA) is 40.6 Å². The number of rotatable bonds is 3. The maximum Gasteiger partial charge on any atom is 0.197 e. The Kier molecular flexibility index (Phi) is 4.68. The molecule has 4 nitrogen and oxygen atoms in total. The smallest absolute Gasteiger partial charge is 0.197 e. The van der Waals surface area contributed by atoms with Crippen molar-refractivity contribution in [1.29, 1.82) is 0 Å². The Balaban J connectivity index is 1.29. The summed E-state index contributed by atoms with van der Waals surface area (Å²) in [6.45, 7) is 3.89. The molecule has 1 fully saturated rings. The Bertz CT molecular complexity index is 1090. The molecule has 0 saturated carbocycles. The van der Waals surface area contributed by atoms with Gasteiger partial charge in [-0.3, -0.25) is 9.59 Å². The second-order valence-corrected chi connectivity index (χ2v) is 7.66. The third kappa shape index (κ3) is 3.30. The molecular weight excluding hydrogens is 372 g/mol. The second kappa shape index (κ2) is 7.64. The van der Waals surface area contributed by atoms with Gasteiger partial charge in [-0.1, -0.05) is 54.6 Å². The van der Waals surface area contributed by atoms with Crippen molar-refractivity contribution in [3.63, 3.8) is 0 Å². The summed E-state index contributed by atoms with van der Waals surface area (Å²) in [5, 5.41) is 0. The number of fused-ring (bicyclic) bond motifs is 1. The Morgan fingerprint density at radius 2 is 1.03 bits per heavy atom. The SMILES string of the molecule is O=C1C(=Cc2ccc(N3CCN(c4ccccc4)CC3)cc2)C(=O)c2ccccc21. The number of nitrogens with zero attached hydrogens (tertiary/aromatic N) is 2. The second-order valence-electron chi connectivity index (χ2n) is 7.66. The third-order valence-corrected chi connectivity index (χ3v) is 5.88. The van der Waals surface area contributed by atoms with Crippen LogP contribution in [0.1, 0.15) is 26.3 Å². The molecule has 0 atom stereocenters. The van der Waals surface area contributed by atoms with E-state index >= 15 is 0 Å². The predicted octanol–water partition coefficient (Wildman–Crippen LogP) is 4.48. The van der Waals surface area contributed by atoms with Crippen molar-refractivity contribution in [1.82, 2.24) is 0 Å². The van der Waals surface area contributed by atoms with E-state index in [0.29, 0.717) is 11.1 Å². The molecule has 148 valence electrons. The van der Waals surface area contributed by atoms with E-state index in [-0.39, 0.29) is 17.1 Å². The average Bonchev–Trinajstić information content (AvgIpc) is 3.05. The van der Waals surface area contributed by atoms with Crippen LogP contribution in [0.4, 0.5) is 11.4 Å². The van der Waals surface area contributed by atoms with Crippen molar-refractivity contribution in [3.8, 4) is 0 Å². The zero-order valence-corrected chi connectivity index (χ0v) is 16.6. The van der Waals surface area contributed by atoms with Crippen LogP contribution in [0.15, 0.2) is 84.4 Å². The van der Waals surface area contributed by atoms with Crippen molar-refractivity contribution in [2.75, 3.05) is 36.0 Å². The summed E-state index contributed by atoms with van der Waals surface area (Å²) >= 11 is 0. The molecule has 0 amide bonds. The van der Waals surface area contributed by atoms with Crippen LogP contribution < -0.4 is 9.80 Å². The lowest BCUT2D eigenvalue weighted by Gasteiger charge is -2.37. The van der Waals surface area contributed by atoms with Gasteiger partial charge >= 0.3 is 0 Å². The lowest BCUT2D eigenvalue weighted by atomic mass is 10.1. The summed E-state index contributed by atoms with van der Waals surface area (Å²) in [5.41, 5.74) is 4.55. The summed E-state index contributed by atoms with van der Waals surface area (Å²) in [4.78, 5) is 29.9. The largest absolute Gasteiger partial charge is 0.368 e. The minimum atomic E-state index is -0.184. The fourth-order valence-corrected chi connectivity index (χ4v) is 4.21. The number of piperazine rings is 1. The van der Waals surface area contributed by atoms with Crippen LogP contribution in [0.3, 0.4) is 0 Å². The maximum absolute atomic E-state index is 12.6. The first-order valence-corrected chi connectivity index (χ1v) is 10.3. The van der Waals surface area contributed by atoms with Crippen LogP contribution >= 0.6 is 0 Å². The minimum Gasteiger partial charge on any atom is -0.368 e. The Morgan fingerprint density at radius 3 is 1.57 bits per heavy atom. The van der Waals surface area contributed by atoms with Crippen LogP contribution in [0.5, 0.6) is 0 Å². The van der Waals surface area contributed by atoms with Gasteiger partial charge < -0.3 is 9.80 Å². The number of para-hydroxylation sites is 1. The molecule has 4 heteroatoms. The van der Waals surface area contributed by atoms with Crippen molar-refractivity contribution < 1.29 is 9.59 Å². The van der Waals surface area contributed by atoms with E-state index in [0.717, 1.165) is 37.4 Å². The van der Waals surface area contributed by atoms with E-state index in [1.54, 1.807) is 30.3 Å². The average molecular weight is 394 g/mol. The number of hydrogen-bond acceptors (Lipinski definition) is 4. The zero-order chi connectivity index (χ0) is 20.5. The quantitative estimate of drug-likeness (QED) is 0.485. The molecular formula is C26H22N2O2. The van der Waals surface area contributed by atoms with Crippen LogP contribution in [-0.2, 0) is 0 Å². The van der Waals surface area contributed by atoms with Gasteiger partial charge in [0.2, 0.25) is 0 Å². The van der Waals surface area contributed by atoms with Crippen LogP contribution in [0.25, 0.3) is 6.08 Å². The predicted molar refractivity (Wildman–Crippen MR) is 120 cm³/mol. The first-order valence-electron chi connectivity index (χ1n) is 10.3. The molecule has 0 spiro atoms. The molecule has 0 aromatic heterocycles. The zero-order valence-electron chi connectivity index (χ0n) is 16.6. The van der Waals surface area contributed by atoms with Gasteiger partial charge in [0.15, 0.2) is 11.6 Å². The van der Waals surface area contributed by atoms with E-state index in [4.69, 9.17) is 0 Å². The maximum atomic E-state index is 12.6. The Morgan fingerprint density at radius 1 is 0.567 bits per heavy atom. The van der Waals surface area contributed by atoms with Crippen molar-refractivity contribution in [3.05, 3.63) is 101 Å². The molecule has 1 aliphatic carbocycles. The molecule has 3 aromatic carbocycles. The number of allylic oxidation sites excluding steroid dienone is 1. The Labute approximate surface area is 176 Å². The van der Waals surface area contributed by atoms with Gasteiger partial charge in [0.1, 0.15) is 0 Å². The number of anilines is 2. The molecule has 0 unspecified atom stereocenters. The van der Waals surface area contributed by atoms with Gasteiger partial charge in [0.05, 0.1) is 5.57 Å². The van der Waals surface area contributed by atoms with Crippen molar-refractivity contribution >= 4 is 29.0 Å². The highest BCUT2D eigenvalue weighted by molar-refractivity contribution is 6.41. The van der Waals surface area contributed by atoms with E-state index in [2.05, 4.69) is 46.2 Å². The molecule has 0 radical (unpaired) electrons. The fourth-order valence-electron chi connectivity index (χ4n) is 4.21. The van der Waals surface area contributed by atoms with Crippen molar-refractivity contribution in [2.45, 2.75) is 0 Å². The summed E-state index contributed by atoms with van der Waals surface area (Å²) in [7, 11) is 0. The van der Waals surface area contributed by atoms with Gasteiger partial charge in [0, 0.05) is 48.7 Å². The van der Waals surface area contributed by atoms with E-state index in [1.165, 1.54) is 5.69 Å². The monoisotopic (exact) mass is 394 g/mol. The van der Waals surface area contributed by atoms with Crippen LogP contribution in [0, 0.1) is 0 Å². The van der Waals surface area contributed by atoms with Crippen LogP contribution in [-0.4, -0.2) is 37.7 Å². The molecule has 1 aliphatic heterocycles. The molecule has 1 saturated heterocycles. The molecule has 30 heavy (non-hydrogen) atoms. The molecule has 3 aromatic rings. The lowest BCUT2D eigenvalue weighted by molar-refractivity contribution is 0.0990. The first kappa shape index (κ1) is 18.4. The number of benzene rings is 3. The number of carbonyl (C=O) groups excluding carboxylic acids is 2. The summed E-state index contributed by atoms with van der Waals surface area (Å²) in [6, 6.07) is 25.6. The van der Waals surface area contributed by atoms with Gasteiger partial charge in [-0.15, -0.1) is 0 Å². The highest BCUT2D eigenvalue weighted by Crippen LogP contribution is 2.28. The molecule has 0 bridgehead atoms. The van der Waals surface area contributed by atoms with Gasteiger partial charge in [-0.2, -0.15) is 0 Å². The summed E-state index contributed by atoms with van der Waals surface area (Å²) < 4.78 is 0. The van der Waals surface area contributed by atoms with E-state index < -0.39 is 0 Å². The lowest BCUT2D eigenvalue weighted by Crippen LogP contribution is -2.46. The number of ketones is 2. The van der Waals surface area contributed by atoms with E-state index in [1.807, 2.05) is 18.2 Å². The fraction of sp³-hybridized carbons (Fsp3) is 0.154. The molecule has 5 rings (SSSR count). The number of carbonyl (C=O) groups is 2. The summed E-state index contributed by atoms with van der Waals surface area (Å²) in [6.07, 6.45) is 1.71. The molecule has 2 aliphatic rings. The number of Topliss-reactive ketones (excluding diaryl/α,β-unsaturated/α-hetero) is 2. The normalized spacial score (nSPS) is 16.1. The number of hydrogen-bond donors (Lipinski definition) is 0. The third-order valence-electron chi connectivity index (χ3n) is 5.88. The highest BCUT2D eigenvalue weighted by Gasteiger charge is 2.32. The summed E-state index contributed by atoms with van der Waals surface area (Å²) in [5.74, 6) is -0.367. The van der Waals surface area contributed by atoms with Gasteiger partial charge in [-0.05, 0) is 35.9 Å².